The molecule has 0 aliphatic carbocycles. The Balaban J connectivity index is 1.79. The first-order valence-corrected chi connectivity index (χ1v) is 8.37. The Morgan fingerprint density at radius 2 is 2.23 bits per heavy atom. The molecule has 0 amide bonds. The summed E-state index contributed by atoms with van der Waals surface area (Å²) in [5.41, 5.74) is 6.89. The predicted molar refractivity (Wildman–Crippen MR) is 89.5 cm³/mol. The summed E-state index contributed by atoms with van der Waals surface area (Å²) in [5, 5.41) is 1.98. The molecule has 0 aromatic carbocycles. The van der Waals surface area contributed by atoms with Crippen LogP contribution in [0.2, 0.25) is 0 Å². The number of rotatable bonds is 3. The summed E-state index contributed by atoms with van der Waals surface area (Å²) in [7, 11) is 0. The summed E-state index contributed by atoms with van der Waals surface area (Å²) in [6, 6.07) is 3.79. The van der Waals surface area contributed by atoms with Gasteiger partial charge >= 0.3 is 0 Å². The van der Waals surface area contributed by atoms with Gasteiger partial charge in [0.25, 0.3) is 0 Å². The molecule has 1 atom stereocenters. The number of aryl methyl sites for hydroxylation is 2. The Labute approximate surface area is 134 Å². The van der Waals surface area contributed by atoms with E-state index in [1.54, 1.807) is 6.07 Å². The fraction of sp³-hybridized carbons (Fsp3) is 0.438. The molecule has 5 nitrogen and oxygen atoms in total. The van der Waals surface area contributed by atoms with Crippen LogP contribution in [0, 0.1) is 19.8 Å². The number of anilines is 2. The van der Waals surface area contributed by atoms with Gasteiger partial charge in [-0.1, -0.05) is 0 Å². The number of hydrogen-bond donors (Lipinski definition) is 1. The minimum atomic E-state index is 0.0302. The van der Waals surface area contributed by atoms with Gasteiger partial charge in [0.15, 0.2) is 5.78 Å². The second-order valence-electron chi connectivity index (χ2n) is 5.78. The standard InChI is InChI=1S/C16H20N4OS/c1-10-5-7-22-16(10)15(21)12-4-3-6-20(9-12)14-8-13(17)18-11(2)19-14/h5,7-8,12H,3-4,6,9H2,1-2H3,(H2,17,18,19)/t12-/m1/s1. The number of nitrogens with zero attached hydrogens (tertiary/aromatic N) is 3. The molecular weight excluding hydrogens is 296 g/mol. The van der Waals surface area contributed by atoms with Gasteiger partial charge in [-0.3, -0.25) is 4.79 Å². The lowest BCUT2D eigenvalue weighted by atomic mass is 9.92. The van der Waals surface area contributed by atoms with Crippen molar-refractivity contribution in [2.45, 2.75) is 26.7 Å². The topological polar surface area (TPSA) is 72.1 Å². The number of ketones is 1. The first kappa shape index (κ1) is 15.0. The number of nitrogens with two attached hydrogens (primary N) is 1. The average molecular weight is 316 g/mol. The molecule has 2 N–H and O–H groups in total. The summed E-state index contributed by atoms with van der Waals surface area (Å²) < 4.78 is 0. The number of aromatic nitrogens is 2. The molecule has 0 saturated carbocycles. The van der Waals surface area contributed by atoms with Crippen molar-refractivity contribution in [3.8, 4) is 0 Å². The monoisotopic (exact) mass is 316 g/mol. The smallest absolute Gasteiger partial charge is 0.177 e. The maximum absolute atomic E-state index is 12.7. The van der Waals surface area contributed by atoms with E-state index >= 15 is 0 Å². The molecule has 22 heavy (non-hydrogen) atoms. The summed E-state index contributed by atoms with van der Waals surface area (Å²) in [4.78, 5) is 24.3. The molecule has 2 aromatic heterocycles. The van der Waals surface area contributed by atoms with Crippen molar-refractivity contribution in [3.05, 3.63) is 33.8 Å². The number of carbonyl (C=O) groups excluding carboxylic acids is 1. The maximum Gasteiger partial charge on any atom is 0.177 e. The van der Waals surface area contributed by atoms with Gasteiger partial charge < -0.3 is 10.6 Å². The Morgan fingerprint density at radius 3 is 2.91 bits per heavy atom. The maximum atomic E-state index is 12.7. The van der Waals surface area contributed by atoms with Crippen molar-refractivity contribution < 1.29 is 4.79 Å². The van der Waals surface area contributed by atoms with Gasteiger partial charge in [-0.15, -0.1) is 11.3 Å². The molecule has 0 spiro atoms. The number of thiophene rings is 1. The van der Waals surface area contributed by atoms with Crippen LogP contribution in [0.25, 0.3) is 0 Å². The van der Waals surface area contributed by atoms with Crippen LogP contribution in [-0.4, -0.2) is 28.8 Å². The van der Waals surface area contributed by atoms with Crippen LogP contribution >= 0.6 is 11.3 Å². The van der Waals surface area contributed by atoms with Crippen LogP contribution in [0.4, 0.5) is 11.6 Å². The zero-order valence-electron chi connectivity index (χ0n) is 12.9. The lowest BCUT2D eigenvalue weighted by molar-refractivity contribution is 0.0911. The number of carbonyl (C=O) groups is 1. The van der Waals surface area contributed by atoms with E-state index < -0.39 is 0 Å². The molecule has 0 radical (unpaired) electrons. The first-order valence-electron chi connectivity index (χ1n) is 7.49. The van der Waals surface area contributed by atoms with E-state index in [0.717, 1.165) is 35.6 Å². The lowest BCUT2D eigenvalue weighted by Crippen LogP contribution is -2.39. The third-order valence-electron chi connectivity index (χ3n) is 4.05. The van der Waals surface area contributed by atoms with E-state index in [1.165, 1.54) is 11.3 Å². The quantitative estimate of drug-likeness (QED) is 0.882. The first-order chi connectivity index (χ1) is 10.5. The summed E-state index contributed by atoms with van der Waals surface area (Å²) in [6.07, 6.45) is 1.93. The number of nitrogen functional groups attached to an aromatic ring is 1. The van der Waals surface area contributed by atoms with E-state index in [-0.39, 0.29) is 11.7 Å². The SMILES string of the molecule is Cc1nc(N)cc(N2CCC[C@@H](C(=O)c3sccc3C)C2)n1. The van der Waals surface area contributed by atoms with E-state index in [9.17, 15) is 4.79 Å². The van der Waals surface area contributed by atoms with Crippen LogP contribution in [0.1, 0.15) is 33.9 Å². The number of Topliss-reactive ketones (excluding diaryl/α,β-unsaturated/α-hetero) is 1. The van der Waals surface area contributed by atoms with Crippen LogP contribution < -0.4 is 10.6 Å². The fourth-order valence-corrected chi connectivity index (χ4v) is 3.89. The van der Waals surface area contributed by atoms with Gasteiger partial charge in [0.05, 0.1) is 4.88 Å². The molecule has 1 fully saturated rings. The highest BCUT2D eigenvalue weighted by atomic mass is 32.1. The van der Waals surface area contributed by atoms with Gasteiger partial charge in [0.2, 0.25) is 0 Å². The Kier molecular flexibility index (Phi) is 4.11. The third kappa shape index (κ3) is 2.97. The molecular formula is C16H20N4OS. The van der Waals surface area contributed by atoms with Crippen molar-refractivity contribution >= 4 is 28.8 Å². The fourth-order valence-electron chi connectivity index (χ4n) is 2.95. The highest BCUT2D eigenvalue weighted by Gasteiger charge is 2.28. The summed E-state index contributed by atoms with van der Waals surface area (Å²) in [6.45, 7) is 5.44. The van der Waals surface area contributed by atoms with Crippen molar-refractivity contribution in [3.63, 3.8) is 0 Å². The Bertz CT molecular complexity index is 677. The van der Waals surface area contributed by atoms with Crippen molar-refractivity contribution in [2.24, 2.45) is 5.92 Å². The Hall–Kier alpha value is -1.95. The minimum absolute atomic E-state index is 0.0302. The average Bonchev–Trinajstić information content (AvgIpc) is 2.92. The summed E-state index contributed by atoms with van der Waals surface area (Å²) >= 11 is 1.54. The normalized spacial score (nSPS) is 18.5. The van der Waals surface area contributed by atoms with Crippen molar-refractivity contribution in [2.75, 3.05) is 23.7 Å². The van der Waals surface area contributed by atoms with Gasteiger partial charge in [-0.2, -0.15) is 0 Å². The predicted octanol–water partition coefficient (Wildman–Crippen LogP) is 2.84. The molecule has 116 valence electrons. The largest absolute Gasteiger partial charge is 0.384 e. The second kappa shape index (κ2) is 6.04. The lowest BCUT2D eigenvalue weighted by Gasteiger charge is -2.33. The van der Waals surface area contributed by atoms with E-state index in [4.69, 9.17) is 5.73 Å². The molecule has 6 heteroatoms. The summed E-state index contributed by atoms with van der Waals surface area (Å²) in [5.74, 6) is 2.26. The van der Waals surface area contributed by atoms with Crippen molar-refractivity contribution in [1.29, 1.82) is 0 Å². The molecule has 3 heterocycles. The molecule has 2 aromatic rings. The van der Waals surface area contributed by atoms with Crippen LogP contribution in [0.3, 0.4) is 0 Å². The zero-order valence-corrected chi connectivity index (χ0v) is 13.7. The second-order valence-corrected chi connectivity index (χ2v) is 6.70. The van der Waals surface area contributed by atoms with Crippen molar-refractivity contribution in [1.82, 2.24) is 9.97 Å². The van der Waals surface area contributed by atoms with E-state index in [0.29, 0.717) is 18.2 Å². The van der Waals surface area contributed by atoms with Crippen LogP contribution in [0.15, 0.2) is 17.5 Å². The number of hydrogen-bond acceptors (Lipinski definition) is 6. The third-order valence-corrected chi connectivity index (χ3v) is 5.08. The zero-order chi connectivity index (χ0) is 15.7. The van der Waals surface area contributed by atoms with E-state index in [2.05, 4.69) is 14.9 Å². The van der Waals surface area contributed by atoms with Gasteiger partial charge in [0.1, 0.15) is 17.5 Å². The van der Waals surface area contributed by atoms with Gasteiger partial charge in [-0.25, -0.2) is 9.97 Å². The molecule has 1 aliphatic rings. The molecule has 3 rings (SSSR count). The van der Waals surface area contributed by atoms with Crippen LogP contribution in [0.5, 0.6) is 0 Å². The van der Waals surface area contributed by atoms with E-state index in [1.807, 2.05) is 25.3 Å². The highest BCUT2D eigenvalue weighted by molar-refractivity contribution is 7.12. The minimum Gasteiger partial charge on any atom is -0.384 e. The van der Waals surface area contributed by atoms with Gasteiger partial charge in [0, 0.05) is 25.1 Å². The molecule has 0 bridgehead atoms. The number of piperidine rings is 1. The molecule has 1 aliphatic heterocycles. The highest BCUT2D eigenvalue weighted by Crippen LogP contribution is 2.28. The molecule has 0 unspecified atom stereocenters. The Morgan fingerprint density at radius 1 is 1.41 bits per heavy atom. The van der Waals surface area contributed by atoms with Gasteiger partial charge in [-0.05, 0) is 43.7 Å². The molecule has 1 saturated heterocycles. The van der Waals surface area contributed by atoms with Crippen LogP contribution in [-0.2, 0) is 0 Å².